The minimum absolute atomic E-state index is 0.765. The molecule has 0 aromatic heterocycles. The van der Waals surface area contributed by atoms with Crippen molar-refractivity contribution in [3.63, 3.8) is 0 Å². The Morgan fingerprint density at radius 1 is 1.56 bits per heavy atom. The molecule has 2 heteroatoms. The van der Waals surface area contributed by atoms with E-state index in [1.54, 1.807) is 6.08 Å². The van der Waals surface area contributed by atoms with E-state index in [1.807, 2.05) is 6.92 Å². The molecule has 0 radical (unpaired) electrons. The van der Waals surface area contributed by atoms with Crippen LogP contribution in [0.4, 0.5) is 0 Å². The Morgan fingerprint density at radius 3 is 2.67 bits per heavy atom. The molecule has 0 atom stereocenters. The van der Waals surface area contributed by atoms with Crippen molar-refractivity contribution in [3.05, 3.63) is 28.8 Å². The van der Waals surface area contributed by atoms with Gasteiger partial charge in [-0.2, -0.15) is 0 Å². The highest BCUT2D eigenvalue weighted by molar-refractivity contribution is 5.29. The fourth-order valence-electron chi connectivity index (χ4n) is 0.732. The van der Waals surface area contributed by atoms with Crippen molar-refractivity contribution in [3.8, 4) is 0 Å². The predicted octanol–water partition coefficient (Wildman–Crippen LogP) is 0.621. The fourth-order valence-corrected chi connectivity index (χ4v) is 0.732. The fraction of sp³-hybridized carbons (Fsp3) is 0.286. The third-order valence-corrected chi connectivity index (χ3v) is 1.36. The smallest absolute Gasteiger partial charge is 0.0554 e. The first-order valence-electron chi connectivity index (χ1n) is 2.86. The third-order valence-electron chi connectivity index (χ3n) is 1.36. The summed E-state index contributed by atoms with van der Waals surface area (Å²) in [6, 6.07) is 0. The topological polar surface area (TPSA) is 52.0 Å². The Kier molecular flexibility index (Phi) is 1.33. The molecule has 2 nitrogen and oxygen atoms in total. The van der Waals surface area contributed by atoms with Gasteiger partial charge in [0.2, 0.25) is 0 Å². The average molecular weight is 122 g/mol. The Labute approximate surface area is 54.5 Å². The monoisotopic (exact) mass is 122 g/mol. The van der Waals surface area contributed by atoms with Crippen LogP contribution in [0.5, 0.6) is 0 Å². The van der Waals surface area contributed by atoms with E-state index in [0.717, 1.165) is 23.4 Å². The Bertz CT molecular complexity index is 217. The van der Waals surface area contributed by atoms with E-state index < -0.39 is 0 Å². The number of rotatable bonds is 0. The maximum Gasteiger partial charge on any atom is 0.0554 e. The zero-order chi connectivity index (χ0) is 6.85. The maximum atomic E-state index is 5.53. The molecular weight excluding hydrogens is 112 g/mol. The summed E-state index contributed by atoms with van der Waals surface area (Å²) in [6.07, 6.45) is 2.48. The molecule has 0 saturated heterocycles. The highest BCUT2D eigenvalue weighted by atomic mass is 14.6. The van der Waals surface area contributed by atoms with Crippen molar-refractivity contribution >= 4 is 0 Å². The highest BCUT2D eigenvalue weighted by Gasteiger charge is 2.00. The summed E-state index contributed by atoms with van der Waals surface area (Å²) in [5.74, 6) is 0. The SMILES string of the molecule is CC1=C(N)C=C=C(N)C1. The predicted molar refractivity (Wildman–Crippen MR) is 37.3 cm³/mol. The lowest BCUT2D eigenvalue weighted by molar-refractivity contribution is 1.04. The maximum absolute atomic E-state index is 5.53. The molecule has 0 saturated carbocycles. The van der Waals surface area contributed by atoms with E-state index in [4.69, 9.17) is 11.5 Å². The van der Waals surface area contributed by atoms with Gasteiger partial charge in [0.25, 0.3) is 0 Å². The minimum atomic E-state index is 0.765. The Balaban J connectivity index is 2.96. The van der Waals surface area contributed by atoms with Crippen LogP contribution in [0.2, 0.25) is 0 Å². The average Bonchev–Trinajstić information content (AvgIpc) is 1.80. The van der Waals surface area contributed by atoms with Crippen LogP contribution in [0.15, 0.2) is 28.8 Å². The summed E-state index contributed by atoms with van der Waals surface area (Å²) >= 11 is 0. The minimum Gasteiger partial charge on any atom is -0.398 e. The molecule has 0 aliphatic heterocycles. The van der Waals surface area contributed by atoms with Crippen molar-refractivity contribution in [2.24, 2.45) is 11.5 Å². The van der Waals surface area contributed by atoms with Crippen molar-refractivity contribution in [1.82, 2.24) is 0 Å². The zero-order valence-corrected chi connectivity index (χ0v) is 5.44. The molecule has 0 aromatic carbocycles. The lowest BCUT2D eigenvalue weighted by atomic mass is 10.1. The first-order valence-corrected chi connectivity index (χ1v) is 2.86. The van der Waals surface area contributed by atoms with E-state index in [0.29, 0.717) is 0 Å². The van der Waals surface area contributed by atoms with Crippen LogP contribution >= 0.6 is 0 Å². The number of nitrogens with two attached hydrogens (primary N) is 2. The molecule has 48 valence electrons. The molecule has 4 N–H and O–H groups in total. The van der Waals surface area contributed by atoms with Crippen LogP contribution in [0, 0.1) is 0 Å². The van der Waals surface area contributed by atoms with Gasteiger partial charge in [0, 0.05) is 18.2 Å². The number of hydrogen-bond donors (Lipinski definition) is 2. The van der Waals surface area contributed by atoms with Crippen molar-refractivity contribution < 1.29 is 0 Å². The zero-order valence-electron chi connectivity index (χ0n) is 5.44. The highest BCUT2D eigenvalue weighted by Crippen LogP contribution is 2.11. The standard InChI is InChI=1S/C7H10N2/c1-5-4-6(8)2-3-7(5)9/h3H,4,8-9H2,1H3. The largest absolute Gasteiger partial charge is 0.398 e. The number of allylic oxidation sites excluding steroid dienone is 1. The van der Waals surface area contributed by atoms with Gasteiger partial charge in [0.1, 0.15) is 0 Å². The van der Waals surface area contributed by atoms with Crippen LogP contribution in [0.3, 0.4) is 0 Å². The van der Waals surface area contributed by atoms with E-state index >= 15 is 0 Å². The van der Waals surface area contributed by atoms with E-state index in [1.165, 1.54) is 0 Å². The van der Waals surface area contributed by atoms with Gasteiger partial charge in [-0.05, 0) is 12.5 Å². The third kappa shape index (κ3) is 1.15. The molecule has 0 aromatic rings. The van der Waals surface area contributed by atoms with Crippen LogP contribution in [0.25, 0.3) is 0 Å². The van der Waals surface area contributed by atoms with Crippen LogP contribution < -0.4 is 11.5 Å². The molecule has 0 amide bonds. The lowest BCUT2D eigenvalue weighted by Crippen LogP contribution is -2.05. The van der Waals surface area contributed by atoms with Crippen LogP contribution in [-0.2, 0) is 0 Å². The molecule has 0 bridgehead atoms. The van der Waals surface area contributed by atoms with Crippen LogP contribution in [-0.4, -0.2) is 0 Å². The van der Waals surface area contributed by atoms with Crippen molar-refractivity contribution in [1.29, 1.82) is 0 Å². The van der Waals surface area contributed by atoms with E-state index in [9.17, 15) is 0 Å². The molecule has 0 spiro atoms. The van der Waals surface area contributed by atoms with Gasteiger partial charge >= 0.3 is 0 Å². The van der Waals surface area contributed by atoms with E-state index in [-0.39, 0.29) is 0 Å². The second-order valence-electron chi connectivity index (χ2n) is 2.23. The Morgan fingerprint density at radius 2 is 2.22 bits per heavy atom. The molecule has 0 unspecified atom stereocenters. The second kappa shape index (κ2) is 2.00. The Hall–Kier alpha value is -1.14. The van der Waals surface area contributed by atoms with Gasteiger partial charge in [0.15, 0.2) is 0 Å². The summed E-state index contributed by atoms with van der Waals surface area (Å²) in [6.45, 7) is 1.97. The molecular formula is C7H10N2. The van der Waals surface area contributed by atoms with Crippen LogP contribution in [0.1, 0.15) is 13.3 Å². The quantitative estimate of drug-likeness (QED) is 0.463. The lowest BCUT2D eigenvalue weighted by Gasteiger charge is -2.05. The summed E-state index contributed by atoms with van der Waals surface area (Å²) in [5, 5.41) is 0. The van der Waals surface area contributed by atoms with Crippen molar-refractivity contribution in [2.75, 3.05) is 0 Å². The normalized spacial score (nSPS) is 18.1. The number of hydrogen-bond acceptors (Lipinski definition) is 2. The summed E-state index contributed by atoms with van der Waals surface area (Å²) < 4.78 is 0. The first-order chi connectivity index (χ1) is 4.20. The molecule has 1 aliphatic carbocycles. The van der Waals surface area contributed by atoms with Crippen molar-refractivity contribution in [2.45, 2.75) is 13.3 Å². The first kappa shape index (κ1) is 5.99. The van der Waals surface area contributed by atoms with Gasteiger partial charge in [0.05, 0.1) is 5.70 Å². The molecule has 1 aliphatic rings. The van der Waals surface area contributed by atoms with Gasteiger partial charge in [-0.15, -0.1) is 0 Å². The van der Waals surface area contributed by atoms with Gasteiger partial charge in [-0.3, -0.25) is 0 Å². The summed E-state index contributed by atoms with van der Waals surface area (Å²) in [7, 11) is 0. The van der Waals surface area contributed by atoms with Gasteiger partial charge in [-0.1, -0.05) is 5.73 Å². The second-order valence-corrected chi connectivity index (χ2v) is 2.23. The molecule has 0 heterocycles. The summed E-state index contributed by atoms with van der Waals surface area (Å²) in [5.41, 5.74) is 16.5. The van der Waals surface area contributed by atoms with Gasteiger partial charge < -0.3 is 11.5 Å². The molecule has 1 rings (SSSR count). The summed E-state index contributed by atoms with van der Waals surface area (Å²) in [4.78, 5) is 0. The molecule has 0 fully saturated rings. The van der Waals surface area contributed by atoms with Gasteiger partial charge in [-0.25, -0.2) is 0 Å². The molecule has 9 heavy (non-hydrogen) atoms. The van der Waals surface area contributed by atoms with E-state index in [2.05, 4.69) is 5.73 Å².